The Labute approximate surface area is 87.8 Å². The van der Waals surface area contributed by atoms with Crippen molar-refractivity contribution in [1.29, 1.82) is 0 Å². The van der Waals surface area contributed by atoms with Crippen molar-refractivity contribution in [3.05, 3.63) is 0 Å². The molecule has 1 N–H and O–H groups in total. The number of hydrogen-bond acceptors (Lipinski definition) is 2. The van der Waals surface area contributed by atoms with E-state index in [0.717, 1.165) is 13.1 Å². The van der Waals surface area contributed by atoms with Crippen LogP contribution in [0.2, 0.25) is 0 Å². The lowest BCUT2D eigenvalue weighted by Gasteiger charge is -2.41. The van der Waals surface area contributed by atoms with E-state index in [9.17, 15) is 13.6 Å². The molecule has 0 spiro atoms. The van der Waals surface area contributed by atoms with Crippen molar-refractivity contribution in [2.24, 2.45) is 5.92 Å². The zero-order valence-corrected chi connectivity index (χ0v) is 8.80. The smallest absolute Gasteiger partial charge is 0.249 e. The van der Waals surface area contributed by atoms with E-state index < -0.39 is 11.8 Å². The topological polar surface area (TPSA) is 32.3 Å². The number of nitrogens with one attached hydrogen (secondary N) is 1. The summed E-state index contributed by atoms with van der Waals surface area (Å²) >= 11 is 0. The van der Waals surface area contributed by atoms with E-state index >= 15 is 0 Å². The van der Waals surface area contributed by atoms with E-state index in [1.54, 1.807) is 4.90 Å². The predicted molar refractivity (Wildman–Crippen MR) is 51.7 cm³/mol. The Hall–Kier alpha value is -0.710. The van der Waals surface area contributed by atoms with Crippen LogP contribution in [0, 0.1) is 5.92 Å². The fraction of sp³-hybridized carbons (Fsp3) is 0.900. The number of carbonyl (C=O) groups is 1. The van der Waals surface area contributed by atoms with Crippen molar-refractivity contribution in [3.8, 4) is 0 Å². The number of hydrogen-bond donors (Lipinski definition) is 1. The molecule has 2 rings (SSSR count). The Morgan fingerprint density at radius 2 is 2.13 bits per heavy atom. The number of alkyl halides is 2. The molecule has 1 aliphatic carbocycles. The maximum atomic E-state index is 12.6. The highest BCUT2D eigenvalue weighted by Gasteiger charge is 2.50. The lowest BCUT2D eigenvalue weighted by atomic mass is 9.80. The molecule has 15 heavy (non-hydrogen) atoms. The molecular formula is C10H16F2N2O. The molecule has 2 fully saturated rings. The summed E-state index contributed by atoms with van der Waals surface area (Å²) in [6.45, 7) is 4.11. The summed E-state index contributed by atoms with van der Waals surface area (Å²) in [5, 5.41) is 3.17. The molecule has 3 nitrogen and oxygen atoms in total. The summed E-state index contributed by atoms with van der Waals surface area (Å²) in [6, 6.07) is 0.125. The molecule has 0 aromatic heterocycles. The van der Waals surface area contributed by atoms with E-state index in [4.69, 9.17) is 0 Å². The minimum atomic E-state index is -2.60. The number of piperazine rings is 1. The molecule has 5 heteroatoms. The summed E-state index contributed by atoms with van der Waals surface area (Å²) in [7, 11) is 0. The van der Waals surface area contributed by atoms with Crippen molar-refractivity contribution in [3.63, 3.8) is 0 Å². The van der Waals surface area contributed by atoms with Gasteiger partial charge in [0.1, 0.15) is 0 Å². The van der Waals surface area contributed by atoms with Gasteiger partial charge in [0.05, 0.1) is 0 Å². The first-order valence-electron chi connectivity index (χ1n) is 5.39. The third kappa shape index (κ3) is 2.12. The van der Waals surface area contributed by atoms with Crippen LogP contribution in [-0.4, -0.2) is 42.4 Å². The SMILES string of the molecule is C[C@@H]1CNCCN1C(=O)C1CC(F)(F)C1. The van der Waals surface area contributed by atoms with E-state index in [1.807, 2.05) is 6.92 Å². The fourth-order valence-corrected chi connectivity index (χ4v) is 2.24. The first-order chi connectivity index (χ1) is 6.99. The molecule has 0 aromatic rings. The van der Waals surface area contributed by atoms with Crippen LogP contribution in [-0.2, 0) is 4.79 Å². The van der Waals surface area contributed by atoms with Crippen LogP contribution in [0.3, 0.4) is 0 Å². The lowest BCUT2D eigenvalue weighted by Crippen LogP contribution is -2.56. The molecule has 1 saturated heterocycles. The zero-order valence-electron chi connectivity index (χ0n) is 8.80. The largest absolute Gasteiger partial charge is 0.337 e. The molecule has 1 aliphatic heterocycles. The van der Waals surface area contributed by atoms with E-state index in [0.29, 0.717) is 6.54 Å². The Kier molecular flexibility index (Phi) is 2.66. The summed E-state index contributed by atoms with van der Waals surface area (Å²) in [6.07, 6.45) is -0.523. The summed E-state index contributed by atoms with van der Waals surface area (Å²) in [4.78, 5) is 13.6. The third-order valence-corrected chi connectivity index (χ3v) is 3.22. The van der Waals surface area contributed by atoms with E-state index in [-0.39, 0.29) is 24.8 Å². The average molecular weight is 218 g/mol. The highest BCUT2D eigenvalue weighted by Crippen LogP contribution is 2.43. The van der Waals surface area contributed by atoms with Gasteiger partial charge in [-0.1, -0.05) is 0 Å². The molecule has 0 bridgehead atoms. The quantitative estimate of drug-likeness (QED) is 0.707. The molecular weight excluding hydrogens is 202 g/mol. The molecule has 0 aromatic carbocycles. The molecule has 2 aliphatic rings. The second-order valence-electron chi connectivity index (χ2n) is 4.55. The lowest BCUT2D eigenvalue weighted by molar-refractivity contribution is -0.162. The van der Waals surface area contributed by atoms with Crippen molar-refractivity contribution in [1.82, 2.24) is 10.2 Å². The van der Waals surface area contributed by atoms with Crippen LogP contribution in [0.4, 0.5) is 8.78 Å². The Morgan fingerprint density at radius 1 is 1.47 bits per heavy atom. The van der Waals surface area contributed by atoms with Crippen LogP contribution in [0.15, 0.2) is 0 Å². The Morgan fingerprint density at radius 3 is 2.67 bits per heavy atom. The van der Waals surface area contributed by atoms with Gasteiger partial charge in [-0.3, -0.25) is 4.79 Å². The fourth-order valence-electron chi connectivity index (χ4n) is 2.24. The highest BCUT2D eigenvalue weighted by atomic mass is 19.3. The van der Waals surface area contributed by atoms with Crippen LogP contribution >= 0.6 is 0 Å². The maximum Gasteiger partial charge on any atom is 0.249 e. The number of halogens is 2. The molecule has 1 saturated carbocycles. The average Bonchev–Trinajstić information content (AvgIpc) is 2.14. The van der Waals surface area contributed by atoms with Gasteiger partial charge in [-0.05, 0) is 6.92 Å². The predicted octanol–water partition coefficient (Wildman–Crippen LogP) is 0.852. The van der Waals surface area contributed by atoms with Gasteiger partial charge in [-0.15, -0.1) is 0 Å². The van der Waals surface area contributed by atoms with Crippen LogP contribution in [0.1, 0.15) is 19.8 Å². The van der Waals surface area contributed by atoms with Crippen molar-refractivity contribution in [2.75, 3.05) is 19.6 Å². The van der Waals surface area contributed by atoms with Crippen molar-refractivity contribution in [2.45, 2.75) is 31.7 Å². The van der Waals surface area contributed by atoms with E-state index in [2.05, 4.69) is 5.32 Å². The molecule has 86 valence electrons. The van der Waals surface area contributed by atoms with Gasteiger partial charge in [0, 0.05) is 44.4 Å². The summed E-state index contributed by atoms with van der Waals surface area (Å²) in [5.41, 5.74) is 0. The van der Waals surface area contributed by atoms with Crippen LogP contribution in [0.25, 0.3) is 0 Å². The third-order valence-electron chi connectivity index (χ3n) is 3.22. The molecule has 1 atom stereocenters. The van der Waals surface area contributed by atoms with Gasteiger partial charge in [0.15, 0.2) is 0 Å². The second-order valence-corrected chi connectivity index (χ2v) is 4.55. The molecule has 0 radical (unpaired) electrons. The van der Waals surface area contributed by atoms with Gasteiger partial charge < -0.3 is 10.2 Å². The maximum absolute atomic E-state index is 12.6. The minimum Gasteiger partial charge on any atom is -0.337 e. The molecule has 1 amide bonds. The number of rotatable bonds is 1. The summed E-state index contributed by atoms with van der Waals surface area (Å²) < 4.78 is 25.3. The van der Waals surface area contributed by atoms with Crippen molar-refractivity contribution < 1.29 is 13.6 Å². The zero-order chi connectivity index (χ0) is 11.1. The van der Waals surface area contributed by atoms with Gasteiger partial charge >= 0.3 is 0 Å². The number of carbonyl (C=O) groups excluding carboxylic acids is 1. The highest BCUT2D eigenvalue weighted by molar-refractivity contribution is 5.80. The second kappa shape index (κ2) is 3.70. The monoisotopic (exact) mass is 218 g/mol. The van der Waals surface area contributed by atoms with Gasteiger partial charge in [0.2, 0.25) is 11.8 Å². The first kappa shape index (κ1) is 10.8. The first-order valence-corrected chi connectivity index (χ1v) is 5.39. The van der Waals surface area contributed by atoms with Crippen molar-refractivity contribution >= 4 is 5.91 Å². The molecule has 0 unspecified atom stereocenters. The minimum absolute atomic E-state index is 0.0880. The Bertz CT molecular complexity index is 262. The normalized spacial score (nSPS) is 31.1. The van der Waals surface area contributed by atoms with Gasteiger partial charge in [0.25, 0.3) is 0 Å². The number of amides is 1. The van der Waals surface area contributed by atoms with Crippen LogP contribution in [0.5, 0.6) is 0 Å². The molecule has 1 heterocycles. The van der Waals surface area contributed by atoms with Gasteiger partial charge in [-0.2, -0.15) is 0 Å². The Balaban J connectivity index is 1.91. The number of nitrogens with zero attached hydrogens (tertiary/aromatic N) is 1. The standard InChI is InChI=1S/C10H16F2N2O/c1-7-6-13-2-3-14(7)9(15)8-4-10(11,12)5-8/h7-8,13H,2-6H2,1H3/t7-/m1/s1. The summed E-state index contributed by atoms with van der Waals surface area (Å²) in [5.74, 6) is -3.13. The van der Waals surface area contributed by atoms with E-state index in [1.165, 1.54) is 0 Å². The van der Waals surface area contributed by atoms with Crippen LogP contribution < -0.4 is 5.32 Å². The van der Waals surface area contributed by atoms with Gasteiger partial charge in [-0.25, -0.2) is 8.78 Å².